The highest BCUT2D eigenvalue weighted by Crippen LogP contribution is 2.05. The highest BCUT2D eigenvalue weighted by Gasteiger charge is 2.23. The lowest BCUT2D eigenvalue weighted by molar-refractivity contribution is -0.0584. The predicted octanol–water partition coefficient (Wildman–Crippen LogP) is 0.0150. The van der Waals surface area contributed by atoms with Crippen LogP contribution < -0.4 is 0 Å². The van der Waals surface area contributed by atoms with Crippen molar-refractivity contribution in [2.75, 3.05) is 32.9 Å². The lowest BCUT2D eigenvalue weighted by atomic mass is 10.3. The van der Waals surface area contributed by atoms with Crippen LogP contribution in [0.2, 0.25) is 0 Å². The van der Waals surface area contributed by atoms with E-state index in [1.165, 1.54) is 4.90 Å². The van der Waals surface area contributed by atoms with Gasteiger partial charge in [0.05, 0.1) is 25.9 Å². The number of ether oxygens (including phenoxy) is 2. The third-order valence-corrected chi connectivity index (χ3v) is 1.90. The molecule has 0 radical (unpaired) electrons. The maximum Gasteiger partial charge on any atom is 0.407 e. The van der Waals surface area contributed by atoms with Crippen LogP contribution in [0.1, 0.15) is 0 Å². The summed E-state index contributed by atoms with van der Waals surface area (Å²) in [5.41, 5.74) is 0. The van der Waals surface area contributed by atoms with Crippen molar-refractivity contribution in [1.29, 1.82) is 0 Å². The van der Waals surface area contributed by atoms with Crippen LogP contribution in [0.3, 0.4) is 0 Å². The molecule has 1 atom stereocenters. The summed E-state index contributed by atoms with van der Waals surface area (Å²) in [5.74, 6) is 2.33. The van der Waals surface area contributed by atoms with Crippen LogP contribution in [0.15, 0.2) is 0 Å². The zero-order valence-electron chi connectivity index (χ0n) is 7.81. The predicted molar refractivity (Wildman–Crippen MR) is 49.0 cm³/mol. The molecular formula is C9H13NO4. The van der Waals surface area contributed by atoms with E-state index in [0.29, 0.717) is 26.3 Å². The molecule has 5 heteroatoms. The monoisotopic (exact) mass is 199 g/mol. The molecule has 0 bridgehead atoms. The van der Waals surface area contributed by atoms with Crippen molar-refractivity contribution in [3.63, 3.8) is 0 Å². The number of carboxylic acid groups (broad SMARTS) is 1. The second-order valence-corrected chi connectivity index (χ2v) is 2.94. The largest absolute Gasteiger partial charge is 0.465 e. The quantitative estimate of drug-likeness (QED) is 0.514. The Morgan fingerprint density at radius 1 is 1.79 bits per heavy atom. The molecule has 1 amide bonds. The van der Waals surface area contributed by atoms with E-state index in [4.69, 9.17) is 21.0 Å². The van der Waals surface area contributed by atoms with E-state index >= 15 is 0 Å². The number of hydrogen-bond acceptors (Lipinski definition) is 3. The topological polar surface area (TPSA) is 59.0 Å². The first kappa shape index (κ1) is 10.8. The number of carbonyl (C=O) groups is 1. The van der Waals surface area contributed by atoms with Crippen molar-refractivity contribution in [1.82, 2.24) is 4.90 Å². The summed E-state index contributed by atoms with van der Waals surface area (Å²) in [4.78, 5) is 11.9. The molecule has 0 spiro atoms. The maximum atomic E-state index is 10.6. The zero-order chi connectivity index (χ0) is 10.4. The Balaban J connectivity index is 2.26. The first-order valence-corrected chi connectivity index (χ1v) is 4.34. The molecule has 78 valence electrons. The number of nitrogens with zero attached hydrogens (tertiary/aromatic N) is 1. The van der Waals surface area contributed by atoms with Gasteiger partial charge in [-0.1, -0.05) is 5.92 Å². The van der Waals surface area contributed by atoms with Crippen molar-refractivity contribution in [3.05, 3.63) is 0 Å². The standard InChI is InChI=1S/C9H13NO4/c1-2-4-13-7-8-6-10(9(11)12)3-5-14-8/h1,8H,3-7H2,(H,11,12). The van der Waals surface area contributed by atoms with Crippen LogP contribution in [-0.4, -0.2) is 55.1 Å². The smallest absolute Gasteiger partial charge is 0.407 e. The van der Waals surface area contributed by atoms with Crippen molar-refractivity contribution < 1.29 is 19.4 Å². The number of morpholine rings is 1. The number of amides is 1. The molecule has 1 heterocycles. The summed E-state index contributed by atoms with van der Waals surface area (Å²) in [6, 6.07) is 0. The van der Waals surface area contributed by atoms with Gasteiger partial charge >= 0.3 is 6.09 Å². The Kier molecular flexibility index (Phi) is 4.23. The average molecular weight is 199 g/mol. The van der Waals surface area contributed by atoms with E-state index in [2.05, 4.69) is 5.92 Å². The normalized spacial score (nSPS) is 21.6. The van der Waals surface area contributed by atoms with Crippen molar-refractivity contribution in [2.45, 2.75) is 6.10 Å². The van der Waals surface area contributed by atoms with Crippen molar-refractivity contribution >= 4 is 6.09 Å². The molecule has 1 aliphatic heterocycles. The molecule has 0 aromatic carbocycles. The van der Waals surface area contributed by atoms with E-state index in [9.17, 15) is 4.79 Å². The van der Waals surface area contributed by atoms with Gasteiger partial charge in [-0.15, -0.1) is 6.42 Å². The molecule has 1 fully saturated rings. The Hall–Kier alpha value is -1.25. The zero-order valence-corrected chi connectivity index (χ0v) is 7.81. The van der Waals surface area contributed by atoms with Crippen LogP contribution in [0, 0.1) is 12.3 Å². The van der Waals surface area contributed by atoms with E-state index in [0.717, 1.165) is 0 Å². The minimum absolute atomic E-state index is 0.201. The lowest BCUT2D eigenvalue weighted by Gasteiger charge is -2.30. The number of rotatable bonds is 3. The second-order valence-electron chi connectivity index (χ2n) is 2.94. The Morgan fingerprint density at radius 2 is 2.57 bits per heavy atom. The molecule has 0 aromatic heterocycles. The van der Waals surface area contributed by atoms with Crippen molar-refractivity contribution in [3.8, 4) is 12.3 Å². The summed E-state index contributed by atoms with van der Waals surface area (Å²) < 4.78 is 10.4. The second kappa shape index (κ2) is 5.47. The fourth-order valence-corrected chi connectivity index (χ4v) is 1.24. The lowest BCUT2D eigenvalue weighted by Crippen LogP contribution is -2.46. The van der Waals surface area contributed by atoms with Gasteiger partial charge in [-0.25, -0.2) is 4.79 Å². The fourth-order valence-electron chi connectivity index (χ4n) is 1.24. The Labute approximate surface area is 82.6 Å². The Morgan fingerprint density at radius 3 is 3.21 bits per heavy atom. The first-order valence-electron chi connectivity index (χ1n) is 4.34. The molecule has 0 aromatic rings. The van der Waals surface area contributed by atoms with Gasteiger partial charge in [0, 0.05) is 6.54 Å². The molecule has 5 nitrogen and oxygen atoms in total. The van der Waals surface area contributed by atoms with Crippen molar-refractivity contribution in [2.24, 2.45) is 0 Å². The van der Waals surface area contributed by atoms with Crippen LogP contribution in [0.25, 0.3) is 0 Å². The van der Waals surface area contributed by atoms with E-state index in [1.807, 2.05) is 0 Å². The van der Waals surface area contributed by atoms with Gasteiger partial charge in [0.2, 0.25) is 0 Å². The SMILES string of the molecule is C#CCOCC1CN(C(=O)O)CCO1. The Bertz CT molecular complexity index is 235. The highest BCUT2D eigenvalue weighted by molar-refractivity contribution is 5.65. The van der Waals surface area contributed by atoms with Gasteiger partial charge < -0.3 is 19.5 Å². The molecule has 0 aliphatic carbocycles. The van der Waals surface area contributed by atoms with Gasteiger partial charge in [-0.2, -0.15) is 0 Å². The van der Waals surface area contributed by atoms with Crippen LogP contribution in [0.4, 0.5) is 4.79 Å². The summed E-state index contributed by atoms with van der Waals surface area (Å²) >= 11 is 0. The van der Waals surface area contributed by atoms with Gasteiger partial charge in [0.15, 0.2) is 0 Å². The third-order valence-electron chi connectivity index (χ3n) is 1.90. The van der Waals surface area contributed by atoms with Crippen LogP contribution >= 0.6 is 0 Å². The van der Waals surface area contributed by atoms with Gasteiger partial charge in [0.1, 0.15) is 6.61 Å². The summed E-state index contributed by atoms with van der Waals surface area (Å²) in [5, 5.41) is 8.72. The highest BCUT2D eigenvalue weighted by atomic mass is 16.5. The summed E-state index contributed by atoms with van der Waals surface area (Å²) in [7, 11) is 0. The van der Waals surface area contributed by atoms with E-state index < -0.39 is 6.09 Å². The molecule has 1 aliphatic rings. The molecule has 1 rings (SSSR count). The molecule has 14 heavy (non-hydrogen) atoms. The van der Waals surface area contributed by atoms with E-state index in [-0.39, 0.29) is 12.7 Å². The molecule has 1 unspecified atom stereocenters. The van der Waals surface area contributed by atoms with Crippen LogP contribution in [0.5, 0.6) is 0 Å². The van der Waals surface area contributed by atoms with Gasteiger partial charge in [0.25, 0.3) is 0 Å². The first-order chi connectivity index (χ1) is 6.74. The van der Waals surface area contributed by atoms with Gasteiger partial charge in [-0.05, 0) is 0 Å². The molecule has 0 saturated carbocycles. The minimum atomic E-state index is -0.921. The molecule has 1 saturated heterocycles. The summed E-state index contributed by atoms with van der Waals surface area (Å²) in [6.07, 6.45) is 3.88. The average Bonchev–Trinajstić information content (AvgIpc) is 2.19. The molecule has 1 N–H and O–H groups in total. The molecular weight excluding hydrogens is 186 g/mol. The van der Waals surface area contributed by atoms with Gasteiger partial charge in [-0.3, -0.25) is 0 Å². The van der Waals surface area contributed by atoms with Crippen LogP contribution in [-0.2, 0) is 9.47 Å². The summed E-state index contributed by atoms with van der Waals surface area (Å²) in [6.45, 7) is 1.75. The fraction of sp³-hybridized carbons (Fsp3) is 0.667. The minimum Gasteiger partial charge on any atom is -0.465 e. The third kappa shape index (κ3) is 3.24. The number of terminal acetylenes is 1. The van der Waals surface area contributed by atoms with E-state index in [1.54, 1.807) is 0 Å². The maximum absolute atomic E-state index is 10.6. The number of hydrogen-bond donors (Lipinski definition) is 1.